The van der Waals surface area contributed by atoms with Crippen molar-refractivity contribution in [2.24, 2.45) is 0 Å². The minimum absolute atomic E-state index is 0.171. The van der Waals surface area contributed by atoms with Gasteiger partial charge in [-0.1, -0.05) is 15.9 Å². The maximum atomic E-state index is 13.3. The van der Waals surface area contributed by atoms with Crippen LogP contribution in [0.5, 0.6) is 0 Å². The lowest BCUT2D eigenvalue weighted by atomic mass is 10.3. The van der Waals surface area contributed by atoms with Crippen LogP contribution >= 0.6 is 27.5 Å². The molecule has 110 valence electrons. The Morgan fingerprint density at radius 1 is 1.35 bits per heavy atom. The molecule has 0 aliphatic heterocycles. The molecule has 1 heterocycles. The van der Waals surface area contributed by atoms with Crippen LogP contribution in [0.25, 0.3) is 11.0 Å². The summed E-state index contributed by atoms with van der Waals surface area (Å²) in [6, 6.07) is 4.91. The SMILES string of the molecule is FC(F)C(F)(F)Cn1c(CCCl)nc2ccc(Br)cc21. The summed E-state index contributed by atoms with van der Waals surface area (Å²) < 4.78 is 53.2. The van der Waals surface area contributed by atoms with Crippen LogP contribution in [0.1, 0.15) is 5.82 Å². The third kappa shape index (κ3) is 3.09. The predicted octanol–water partition coefficient (Wildman–Crippen LogP) is 4.48. The Kier molecular flexibility index (Phi) is 4.59. The Balaban J connectivity index is 2.53. The summed E-state index contributed by atoms with van der Waals surface area (Å²) in [5, 5.41) is 0. The number of imidazole rings is 1. The molecular formula is C12H10BrClF4N2. The van der Waals surface area contributed by atoms with Gasteiger partial charge in [0.25, 0.3) is 0 Å². The zero-order valence-corrected chi connectivity index (χ0v) is 12.4. The highest BCUT2D eigenvalue weighted by molar-refractivity contribution is 9.10. The number of benzene rings is 1. The molecule has 0 amide bonds. The summed E-state index contributed by atoms with van der Waals surface area (Å²) in [6.07, 6.45) is -3.50. The highest BCUT2D eigenvalue weighted by atomic mass is 79.9. The number of fused-ring (bicyclic) bond motifs is 1. The minimum atomic E-state index is -4.11. The second kappa shape index (κ2) is 5.89. The van der Waals surface area contributed by atoms with Crippen LogP contribution in [0.3, 0.4) is 0 Å². The van der Waals surface area contributed by atoms with Crippen molar-refractivity contribution in [1.29, 1.82) is 0 Å². The average molecular weight is 374 g/mol. The first-order chi connectivity index (χ1) is 9.35. The molecule has 0 bridgehead atoms. The van der Waals surface area contributed by atoms with Crippen LogP contribution in [0.2, 0.25) is 0 Å². The maximum Gasteiger partial charge on any atom is 0.324 e. The fraction of sp³-hybridized carbons (Fsp3) is 0.417. The van der Waals surface area contributed by atoms with Gasteiger partial charge < -0.3 is 4.57 Å². The van der Waals surface area contributed by atoms with Crippen molar-refractivity contribution in [2.75, 3.05) is 5.88 Å². The van der Waals surface area contributed by atoms with E-state index in [1.54, 1.807) is 18.2 Å². The number of hydrogen-bond donors (Lipinski definition) is 0. The van der Waals surface area contributed by atoms with Gasteiger partial charge in [-0.25, -0.2) is 13.8 Å². The number of aryl methyl sites for hydroxylation is 1. The first-order valence-corrected chi connectivity index (χ1v) is 7.04. The van der Waals surface area contributed by atoms with Gasteiger partial charge in [-0.05, 0) is 18.2 Å². The summed E-state index contributed by atoms with van der Waals surface area (Å²) in [5.74, 6) is -3.67. The molecule has 0 aliphatic rings. The van der Waals surface area contributed by atoms with E-state index in [1.165, 1.54) is 0 Å². The van der Waals surface area contributed by atoms with Crippen molar-refractivity contribution in [2.45, 2.75) is 25.3 Å². The van der Waals surface area contributed by atoms with E-state index >= 15 is 0 Å². The highest BCUT2D eigenvalue weighted by Gasteiger charge is 2.41. The fourth-order valence-corrected chi connectivity index (χ4v) is 2.40. The van der Waals surface area contributed by atoms with Crippen molar-refractivity contribution >= 4 is 38.6 Å². The van der Waals surface area contributed by atoms with E-state index in [9.17, 15) is 17.6 Å². The molecule has 2 nitrogen and oxygen atoms in total. The van der Waals surface area contributed by atoms with Crippen molar-refractivity contribution in [3.8, 4) is 0 Å². The predicted molar refractivity (Wildman–Crippen MR) is 72.8 cm³/mol. The molecular weight excluding hydrogens is 363 g/mol. The molecule has 1 aromatic carbocycles. The first-order valence-electron chi connectivity index (χ1n) is 5.72. The molecule has 0 saturated heterocycles. The van der Waals surface area contributed by atoms with E-state index in [0.717, 1.165) is 4.57 Å². The topological polar surface area (TPSA) is 17.8 Å². The summed E-state index contributed by atoms with van der Waals surface area (Å²) in [5.41, 5.74) is 0.846. The lowest BCUT2D eigenvalue weighted by Gasteiger charge is -2.18. The van der Waals surface area contributed by atoms with Crippen LogP contribution in [0, 0.1) is 0 Å². The molecule has 0 N–H and O–H groups in total. The van der Waals surface area contributed by atoms with Crippen LogP contribution in [-0.2, 0) is 13.0 Å². The Hall–Kier alpha value is -0.820. The van der Waals surface area contributed by atoms with Crippen molar-refractivity contribution in [1.82, 2.24) is 9.55 Å². The van der Waals surface area contributed by atoms with Gasteiger partial charge in [0.15, 0.2) is 0 Å². The molecule has 2 rings (SSSR count). The standard InChI is InChI=1S/C12H10BrClF4N2/c13-7-1-2-8-9(5-7)20(10(19-8)3-4-14)6-12(17,18)11(15)16/h1-2,5,11H,3-4,6H2. The zero-order chi connectivity index (χ0) is 14.9. The van der Waals surface area contributed by atoms with E-state index < -0.39 is 18.9 Å². The number of aromatic nitrogens is 2. The molecule has 8 heteroatoms. The molecule has 2 aromatic rings. The van der Waals surface area contributed by atoms with Gasteiger partial charge in [0.1, 0.15) is 5.82 Å². The molecule has 1 aromatic heterocycles. The molecule has 0 atom stereocenters. The van der Waals surface area contributed by atoms with Gasteiger partial charge in [-0.15, -0.1) is 11.6 Å². The number of rotatable bonds is 5. The van der Waals surface area contributed by atoms with E-state index in [-0.39, 0.29) is 18.1 Å². The van der Waals surface area contributed by atoms with Crippen LogP contribution in [0.4, 0.5) is 17.6 Å². The van der Waals surface area contributed by atoms with Crippen LogP contribution in [0.15, 0.2) is 22.7 Å². The van der Waals surface area contributed by atoms with Gasteiger partial charge in [-0.3, -0.25) is 0 Å². The molecule has 0 spiro atoms. The quantitative estimate of drug-likeness (QED) is 0.558. The highest BCUT2D eigenvalue weighted by Crippen LogP contribution is 2.29. The Morgan fingerprint density at radius 2 is 2.05 bits per heavy atom. The smallest absolute Gasteiger partial charge is 0.322 e. The Labute approximate surface area is 125 Å². The van der Waals surface area contributed by atoms with Gasteiger partial charge >= 0.3 is 12.3 Å². The fourth-order valence-electron chi connectivity index (χ4n) is 1.88. The molecule has 0 aliphatic carbocycles. The Morgan fingerprint density at radius 3 is 2.65 bits per heavy atom. The van der Waals surface area contributed by atoms with Gasteiger partial charge in [0, 0.05) is 16.8 Å². The van der Waals surface area contributed by atoms with Crippen LogP contribution in [-0.4, -0.2) is 27.8 Å². The second-order valence-electron chi connectivity index (χ2n) is 4.25. The summed E-state index contributed by atoms with van der Waals surface area (Å²) >= 11 is 8.82. The van der Waals surface area contributed by atoms with E-state index in [1.807, 2.05) is 0 Å². The van der Waals surface area contributed by atoms with Crippen LogP contribution < -0.4 is 0 Å². The summed E-state index contributed by atoms with van der Waals surface area (Å²) in [4.78, 5) is 4.17. The largest absolute Gasteiger partial charge is 0.324 e. The van der Waals surface area contributed by atoms with Crippen molar-refractivity contribution in [3.63, 3.8) is 0 Å². The first kappa shape index (κ1) is 15.6. The molecule has 0 saturated carbocycles. The van der Waals surface area contributed by atoms with E-state index in [2.05, 4.69) is 20.9 Å². The zero-order valence-electron chi connectivity index (χ0n) is 10.1. The summed E-state index contributed by atoms with van der Waals surface area (Å²) in [7, 11) is 0. The number of alkyl halides is 5. The molecule has 0 unspecified atom stereocenters. The third-order valence-corrected chi connectivity index (χ3v) is 3.48. The summed E-state index contributed by atoms with van der Waals surface area (Å²) in [6.45, 7) is -1.12. The third-order valence-electron chi connectivity index (χ3n) is 2.80. The number of nitrogens with zero attached hydrogens (tertiary/aromatic N) is 2. The lowest BCUT2D eigenvalue weighted by molar-refractivity contribution is -0.137. The molecule has 20 heavy (non-hydrogen) atoms. The monoisotopic (exact) mass is 372 g/mol. The number of hydrogen-bond acceptors (Lipinski definition) is 1. The van der Waals surface area contributed by atoms with Crippen molar-refractivity contribution < 1.29 is 17.6 Å². The number of halogens is 6. The average Bonchev–Trinajstić information content (AvgIpc) is 2.67. The molecule has 0 fully saturated rings. The Bertz CT molecular complexity index is 615. The van der Waals surface area contributed by atoms with Crippen molar-refractivity contribution in [3.05, 3.63) is 28.5 Å². The maximum absolute atomic E-state index is 13.3. The van der Waals surface area contributed by atoms with Gasteiger partial charge in [0.05, 0.1) is 17.6 Å². The van der Waals surface area contributed by atoms with Gasteiger partial charge in [-0.2, -0.15) is 8.78 Å². The lowest BCUT2D eigenvalue weighted by Crippen LogP contribution is -2.32. The normalized spacial score (nSPS) is 12.6. The van der Waals surface area contributed by atoms with E-state index in [0.29, 0.717) is 15.5 Å². The van der Waals surface area contributed by atoms with Gasteiger partial charge in [0.2, 0.25) is 0 Å². The second-order valence-corrected chi connectivity index (χ2v) is 5.54. The molecule has 0 radical (unpaired) electrons. The minimum Gasteiger partial charge on any atom is -0.322 e. The van der Waals surface area contributed by atoms with E-state index in [4.69, 9.17) is 11.6 Å².